The molecule has 3 aromatic rings. The van der Waals surface area contributed by atoms with Gasteiger partial charge in [0.05, 0.1) is 0 Å². The predicted molar refractivity (Wildman–Crippen MR) is 123 cm³/mol. The van der Waals surface area contributed by atoms with Gasteiger partial charge in [-0.3, -0.25) is 14.9 Å². The molecule has 0 radical (unpaired) electrons. The molecular weight excluding hydrogens is 386 g/mol. The molecule has 1 heterocycles. The minimum atomic E-state index is -0.508. The van der Waals surface area contributed by atoms with Gasteiger partial charge in [0.15, 0.2) is 0 Å². The molecule has 5 nitrogen and oxygen atoms in total. The molecule has 1 saturated carbocycles. The second-order valence-electron chi connectivity index (χ2n) is 8.87. The van der Waals surface area contributed by atoms with E-state index in [0.29, 0.717) is 6.04 Å². The fourth-order valence-electron chi connectivity index (χ4n) is 4.92. The van der Waals surface area contributed by atoms with Crippen LogP contribution in [-0.2, 0) is 17.6 Å². The Hall–Kier alpha value is -2.89. The molecule has 1 amide bonds. The van der Waals surface area contributed by atoms with Crippen molar-refractivity contribution in [2.24, 2.45) is 5.92 Å². The molecule has 2 aliphatic rings. The van der Waals surface area contributed by atoms with Crippen molar-refractivity contribution >= 4 is 22.9 Å². The van der Waals surface area contributed by atoms with E-state index in [9.17, 15) is 4.79 Å². The highest BCUT2D eigenvalue weighted by atomic mass is 16.5. The monoisotopic (exact) mass is 415 g/mol. The number of aromatic nitrogens is 1. The van der Waals surface area contributed by atoms with Crippen molar-refractivity contribution in [2.45, 2.75) is 38.1 Å². The van der Waals surface area contributed by atoms with Gasteiger partial charge >= 0.3 is 0 Å². The molecule has 5 rings (SSSR count). The van der Waals surface area contributed by atoms with E-state index in [1.807, 2.05) is 0 Å². The van der Waals surface area contributed by atoms with Gasteiger partial charge < -0.3 is 4.98 Å². The number of hydrogen-bond donors (Lipinski definition) is 3. The van der Waals surface area contributed by atoms with E-state index >= 15 is 0 Å². The molecule has 1 aromatic heterocycles. The number of benzene rings is 2. The number of rotatable bonds is 8. The highest BCUT2D eigenvalue weighted by Crippen LogP contribution is 2.39. The van der Waals surface area contributed by atoms with Gasteiger partial charge in [-0.05, 0) is 72.4 Å². The molecule has 0 saturated heterocycles. The fourth-order valence-corrected chi connectivity index (χ4v) is 4.92. The number of nitrogens with zero attached hydrogens (tertiary/aromatic N) is 1. The first kappa shape index (κ1) is 20.0. The van der Waals surface area contributed by atoms with E-state index in [-0.39, 0.29) is 0 Å². The Bertz CT molecular complexity index is 1110. The van der Waals surface area contributed by atoms with Crippen LogP contribution in [0, 0.1) is 5.92 Å². The summed E-state index contributed by atoms with van der Waals surface area (Å²) in [6.45, 7) is 2.26. The maximum Gasteiger partial charge on any atom is 0.267 e. The molecule has 1 unspecified atom stereocenters. The van der Waals surface area contributed by atoms with Crippen LogP contribution in [0.5, 0.6) is 0 Å². The topological polar surface area (TPSA) is 68.4 Å². The van der Waals surface area contributed by atoms with E-state index in [1.165, 1.54) is 53.1 Å². The molecule has 160 valence electrons. The molecule has 0 spiro atoms. The van der Waals surface area contributed by atoms with Gasteiger partial charge in [-0.1, -0.05) is 36.4 Å². The lowest BCUT2D eigenvalue weighted by molar-refractivity contribution is -0.124. The van der Waals surface area contributed by atoms with Crippen molar-refractivity contribution < 1.29 is 10.0 Å². The summed E-state index contributed by atoms with van der Waals surface area (Å²) in [7, 11) is 0. The molecule has 2 aliphatic carbocycles. The minimum Gasteiger partial charge on any atom is -0.361 e. The van der Waals surface area contributed by atoms with Crippen LogP contribution in [-0.4, -0.2) is 34.1 Å². The Morgan fingerprint density at radius 1 is 1.19 bits per heavy atom. The molecule has 1 fully saturated rings. The first-order valence-corrected chi connectivity index (χ1v) is 11.3. The van der Waals surface area contributed by atoms with E-state index in [2.05, 4.69) is 58.5 Å². The number of aryl methyl sites for hydroxylation is 1. The van der Waals surface area contributed by atoms with Crippen LogP contribution < -0.4 is 5.48 Å². The quantitative estimate of drug-likeness (QED) is 0.285. The standard InChI is InChI=1S/C26H29N3O2/c30-26(28-31)12-8-18-7-10-23-20(15-18)9-11-25(23)29(17-19-5-6-19)14-13-21-16-27-24-4-2-1-3-22(21)24/h1-4,7-8,10,12,15-16,19,25,27,31H,5-6,9,11,13-14,17H2,(H,28,30). The van der Waals surface area contributed by atoms with Crippen LogP contribution in [0.2, 0.25) is 0 Å². The highest BCUT2D eigenvalue weighted by molar-refractivity contribution is 5.90. The number of fused-ring (bicyclic) bond motifs is 2. The third-order valence-electron chi connectivity index (χ3n) is 6.72. The molecule has 5 heteroatoms. The number of amides is 1. The van der Waals surface area contributed by atoms with Crippen LogP contribution in [0.15, 0.2) is 54.7 Å². The Balaban J connectivity index is 1.33. The zero-order valence-corrected chi connectivity index (χ0v) is 17.7. The van der Waals surface area contributed by atoms with Crippen LogP contribution in [0.1, 0.15) is 47.6 Å². The summed E-state index contributed by atoms with van der Waals surface area (Å²) < 4.78 is 0. The first-order valence-electron chi connectivity index (χ1n) is 11.3. The van der Waals surface area contributed by atoms with Crippen molar-refractivity contribution in [1.82, 2.24) is 15.4 Å². The number of H-pyrrole nitrogens is 1. The number of carbonyl (C=O) groups excluding carboxylic acids is 1. The van der Waals surface area contributed by atoms with Gasteiger partial charge in [-0.25, -0.2) is 5.48 Å². The van der Waals surface area contributed by atoms with Crippen LogP contribution in [0.3, 0.4) is 0 Å². The van der Waals surface area contributed by atoms with Crippen LogP contribution >= 0.6 is 0 Å². The van der Waals surface area contributed by atoms with Crippen molar-refractivity contribution in [1.29, 1.82) is 0 Å². The largest absolute Gasteiger partial charge is 0.361 e. The maximum atomic E-state index is 11.3. The average molecular weight is 416 g/mol. The van der Waals surface area contributed by atoms with Gasteiger partial charge in [0.2, 0.25) is 0 Å². The van der Waals surface area contributed by atoms with Gasteiger partial charge in [-0.2, -0.15) is 0 Å². The smallest absolute Gasteiger partial charge is 0.267 e. The maximum absolute atomic E-state index is 11.3. The molecule has 0 bridgehead atoms. The Kier molecular flexibility index (Phi) is 5.62. The van der Waals surface area contributed by atoms with Crippen LogP contribution in [0.25, 0.3) is 17.0 Å². The van der Waals surface area contributed by atoms with Crippen LogP contribution in [0.4, 0.5) is 0 Å². The summed E-state index contributed by atoms with van der Waals surface area (Å²) in [6.07, 6.45) is 11.3. The lowest BCUT2D eigenvalue weighted by Crippen LogP contribution is -2.31. The molecule has 1 atom stereocenters. The lowest BCUT2D eigenvalue weighted by Gasteiger charge is -2.30. The average Bonchev–Trinajstić information content (AvgIpc) is 3.38. The van der Waals surface area contributed by atoms with Gasteiger partial charge in [0.1, 0.15) is 0 Å². The predicted octanol–water partition coefficient (Wildman–Crippen LogP) is 4.63. The lowest BCUT2D eigenvalue weighted by atomic mass is 10.0. The third-order valence-corrected chi connectivity index (χ3v) is 6.72. The summed E-state index contributed by atoms with van der Waals surface area (Å²) in [5.41, 5.74) is 8.06. The highest BCUT2D eigenvalue weighted by Gasteiger charge is 2.32. The van der Waals surface area contributed by atoms with E-state index < -0.39 is 5.91 Å². The Morgan fingerprint density at radius 3 is 2.90 bits per heavy atom. The third kappa shape index (κ3) is 4.43. The Morgan fingerprint density at radius 2 is 2.06 bits per heavy atom. The summed E-state index contributed by atoms with van der Waals surface area (Å²) >= 11 is 0. The number of para-hydroxylation sites is 1. The summed E-state index contributed by atoms with van der Waals surface area (Å²) in [6, 6.07) is 15.5. The second-order valence-corrected chi connectivity index (χ2v) is 8.87. The number of hydrogen-bond acceptors (Lipinski definition) is 3. The van der Waals surface area contributed by atoms with E-state index in [1.54, 1.807) is 11.6 Å². The summed E-state index contributed by atoms with van der Waals surface area (Å²) in [5, 5.41) is 10.00. The zero-order chi connectivity index (χ0) is 21.2. The number of nitrogens with one attached hydrogen (secondary N) is 2. The van der Waals surface area contributed by atoms with Gasteiger partial charge in [-0.15, -0.1) is 0 Å². The second kappa shape index (κ2) is 8.69. The normalized spacial score (nSPS) is 18.2. The van der Waals surface area contributed by atoms with E-state index in [0.717, 1.165) is 37.3 Å². The number of aromatic amines is 1. The Labute approximate surface area is 182 Å². The zero-order valence-electron chi connectivity index (χ0n) is 17.7. The molecule has 0 aliphatic heterocycles. The molecule has 3 N–H and O–H groups in total. The SMILES string of the molecule is O=C(C=Cc1ccc2c(c1)CCC2N(CCc1c[nH]c2ccccc12)CC1CC1)NO. The van der Waals surface area contributed by atoms with Gasteiger partial charge in [0.25, 0.3) is 5.91 Å². The van der Waals surface area contributed by atoms with Crippen molar-refractivity contribution in [3.05, 3.63) is 77.0 Å². The number of hydroxylamine groups is 1. The van der Waals surface area contributed by atoms with E-state index in [4.69, 9.17) is 5.21 Å². The summed E-state index contributed by atoms with van der Waals surface area (Å²) in [5.74, 6) is 0.345. The summed E-state index contributed by atoms with van der Waals surface area (Å²) in [4.78, 5) is 17.4. The van der Waals surface area contributed by atoms with Crippen molar-refractivity contribution in [3.63, 3.8) is 0 Å². The van der Waals surface area contributed by atoms with Crippen molar-refractivity contribution in [2.75, 3.05) is 13.1 Å². The molecular formula is C26H29N3O2. The van der Waals surface area contributed by atoms with Crippen molar-refractivity contribution in [3.8, 4) is 0 Å². The minimum absolute atomic E-state index is 0.472. The number of carbonyl (C=O) groups is 1. The fraction of sp³-hybridized carbons (Fsp3) is 0.346. The van der Waals surface area contributed by atoms with Gasteiger partial charge in [0, 0.05) is 42.3 Å². The first-order chi connectivity index (χ1) is 15.2. The molecule has 31 heavy (non-hydrogen) atoms. The molecule has 2 aromatic carbocycles.